The molecule has 1 N–H and O–H groups in total. The van der Waals surface area contributed by atoms with Crippen LogP contribution in [0.15, 0.2) is 29.4 Å². The van der Waals surface area contributed by atoms with Crippen molar-refractivity contribution in [2.75, 3.05) is 26.2 Å². The molecule has 0 aliphatic carbocycles. The number of nitrogens with zero attached hydrogens (tertiary/aromatic N) is 2. The quantitative estimate of drug-likeness (QED) is 0.509. The molecule has 0 aromatic carbocycles. The summed E-state index contributed by atoms with van der Waals surface area (Å²) in [7, 11) is 0. The lowest BCUT2D eigenvalue weighted by Crippen LogP contribution is -2.28. The fourth-order valence-electron chi connectivity index (χ4n) is 1.50. The molecule has 1 rings (SSSR count). The lowest BCUT2D eigenvalue weighted by molar-refractivity contribution is 0.466. The minimum atomic E-state index is 0.951. The molecule has 0 atom stereocenters. The largest absolute Gasteiger partial charge is 0.389 e. The lowest BCUT2D eigenvalue weighted by atomic mass is 10.1. The van der Waals surface area contributed by atoms with Crippen molar-refractivity contribution in [1.29, 1.82) is 0 Å². The van der Waals surface area contributed by atoms with Gasteiger partial charge in [0.05, 0.1) is 12.9 Å². The summed E-state index contributed by atoms with van der Waals surface area (Å²) in [4.78, 5) is 6.40. The number of hydrogen-bond donors (Lipinski definition) is 1. The first-order chi connectivity index (χ1) is 7.36. The second kappa shape index (κ2) is 7.10. The van der Waals surface area contributed by atoms with Crippen LogP contribution in [0.5, 0.6) is 0 Å². The van der Waals surface area contributed by atoms with Crippen LogP contribution < -0.4 is 5.32 Å². The predicted molar refractivity (Wildman–Crippen MR) is 66.1 cm³/mol. The Labute approximate surface area is 92.6 Å². The normalized spacial score (nSPS) is 15.8. The summed E-state index contributed by atoms with van der Waals surface area (Å²) in [5.41, 5.74) is 1.40. The molecular formula is C12H21N3. The minimum absolute atomic E-state index is 0.951. The van der Waals surface area contributed by atoms with Crippen molar-refractivity contribution in [3.8, 4) is 0 Å². The van der Waals surface area contributed by atoms with E-state index < -0.39 is 0 Å². The van der Waals surface area contributed by atoms with Crippen LogP contribution in [0.1, 0.15) is 19.8 Å². The SMILES string of the molecule is C=CCC(=CNCCN1C=NCC1)CC. The topological polar surface area (TPSA) is 27.6 Å². The number of allylic oxidation sites excluding steroid dienone is 2. The third-order valence-electron chi connectivity index (χ3n) is 2.47. The number of hydrogen-bond acceptors (Lipinski definition) is 3. The number of nitrogens with one attached hydrogen (secondary N) is 1. The molecule has 0 saturated heterocycles. The fraction of sp³-hybridized carbons (Fsp3) is 0.583. The van der Waals surface area contributed by atoms with Gasteiger partial charge in [-0.25, -0.2) is 0 Å². The highest BCUT2D eigenvalue weighted by Crippen LogP contribution is 2.04. The van der Waals surface area contributed by atoms with Gasteiger partial charge in [-0.05, 0) is 19.0 Å². The molecule has 0 bridgehead atoms. The lowest BCUT2D eigenvalue weighted by Gasteiger charge is -2.13. The van der Waals surface area contributed by atoms with Gasteiger partial charge in [0.1, 0.15) is 0 Å². The summed E-state index contributed by atoms with van der Waals surface area (Å²) in [5.74, 6) is 0. The molecule has 0 radical (unpaired) electrons. The number of rotatable bonds is 7. The molecule has 1 aliphatic heterocycles. The Bertz CT molecular complexity index is 243. The summed E-state index contributed by atoms with van der Waals surface area (Å²) >= 11 is 0. The van der Waals surface area contributed by atoms with Crippen LogP contribution >= 0.6 is 0 Å². The molecule has 3 heteroatoms. The highest BCUT2D eigenvalue weighted by Gasteiger charge is 2.02. The van der Waals surface area contributed by atoms with E-state index >= 15 is 0 Å². The molecule has 0 amide bonds. The average Bonchev–Trinajstić information content (AvgIpc) is 2.75. The van der Waals surface area contributed by atoms with Gasteiger partial charge in [-0.2, -0.15) is 0 Å². The molecule has 0 unspecified atom stereocenters. The van der Waals surface area contributed by atoms with Crippen molar-refractivity contribution < 1.29 is 0 Å². The monoisotopic (exact) mass is 207 g/mol. The Kier molecular flexibility index (Phi) is 5.59. The molecule has 0 aromatic heterocycles. The van der Waals surface area contributed by atoms with E-state index in [2.05, 4.69) is 34.9 Å². The minimum Gasteiger partial charge on any atom is -0.389 e. The Morgan fingerprint density at radius 1 is 1.67 bits per heavy atom. The first kappa shape index (κ1) is 11.8. The highest BCUT2D eigenvalue weighted by molar-refractivity contribution is 5.56. The smallest absolute Gasteiger partial charge is 0.0851 e. The zero-order valence-electron chi connectivity index (χ0n) is 9.58. The molecule has 0 aromatic rings. The third kappa shape index (κ3) is 4.68. The van der Waals surface area contributed by atoms with Crippen LogP contribution in [-0.2, 0) is 0 Å². The first-order valence-corrected chi connectivity index (χ1v) is 5.63. The molecule has 0 saturated carbocycles. The van der Waals surface area contributed by atoms with E-state index in [0.29, 0.717) is 0 Å². The maximum Gasteiger partial charge on any atom is 0.0851 e. The van der Waals surface area contributed by atoms with Crippen LogP contribution in [0.4, 0.5) is 0 Å². The molecule has 0 fully saturated rings. The third-order valence-corrected chi connectivity index (χ3v) is 2.47. The van der Waals surface area contributed by atoms with Crippen molar-refractivity contribution in [2.45, 2.75) is 19.8 Å². The van der Waals surface area contributed by atoms with Gasteiger partial charge >= 0.3 is 0 Å². The molecule has 1 aliphatic rings. The van der Waals surface area contributed by atoms with Crippen LogP contribution in [0, 0.1) is 0 Å². The molecule has 84 valence electrons. The van der Waals surface area contributed by atoms with Crippen molar-refractivity contribution in [3.63, 3.8) is 0 Å². The standard InChI is InChI=1S/C12H21N3/c1-3-5-12(4-2)10-13-6-8-15-9-7-14-11-15/h3,10-11,13H,1,4-9H2,2H3. The van der Waals surface area contributed by atoms with E-state index in [9.17, 15) is 0 Å². The molecule has 3 nitrogen and oxygen atoms in total. The van der Waals surface area contributed by atoms with Crippen molar-refractivity contribution in [3.05, 3.63) is 24.4 Å². The maximum atomic E-state index is 4.17. The summed E-state index contributed by atoms with van der Waals surface area (Å²) in [6, 6.07) is 0. The molecular weight excluding hydrogens is 186 g/mol. The summed E-state index contributed by atoms with van der Waals surface area (Å²) in [5, 5.41) is 3.33. The Morgan fingerprint density at radius 2 is 2.53 bits per heavy atom. The van der Waals surface area contributed by atoms with E-state index in [1.165, 1.54) is 5.57 Å². The van der Waals surface area contributed by atoms with Gasteiger partial charge in [-0.3, -0.25) is 4.99 Å². The molecule has 1 heterocycles. The van der Waals surface area contributed by atoms with Gasteiger partial charge in [0, 0.05) is 19.6 Å². The molecule has 0 spiro atoms. The molecule has 15 heavy (non-hydrogen) atoms. The zero-order valence-corrected chi connectivity index (χ0v) is 9.58. The second-order valence-corrected chi connectivity index (χ2v) is 3.66. The average molecular weight is 207 g/mol. The highest BCUT2D eigenvalue weighted by atomic mass is 15.2. The van der Waals surface area contributed by atoms with Gasteiger partial charge < -0.3 is 10.2 Å². The summed E-state index contributed by atoms with van der Waals surface area (Å²) in [6.07, 6.45) is 8.08. The van der Waals surface area contributed by atoms with Gasteiger partial charge in [0.15, 0.2) is 0 Å². The van der Waals surface area contributed by atoms with E-state index in [-0.39, 0.29) is 0 Å². The van der Waals surface area contributed by atoms with Crippen molar-refractivity contribution in [1.82, 2.24) is 10.2 Å². The van der Waals surface area contributed by atoms with Crippen LogP contribution in [-0.4, -0.2) is 37.4 Å². The van der Waals surface area contributed by atoms with Gasteiger partial charge in [0.2, 0.25) is 0 Å². The van der Waals surface area contributed by atoms with E-state index in [0.717, 1.165) is 39.0 Å². The van der Waals surface area contributed by atoms with Crippen LogP contribution in [0.25, 0.3) is 0 Å². The zero-order chi connectivity index (χ0) is 10.9. The van der Waals surface area contributed by atoms with E-state index in [1.54, 1.807) is 0 Å². The van der Waals surface area contributed by atoms with Crippen molar-refractivity contribution in [2.24, 2.45) is 4.99 Å². The maximum absolute atomic E-state index is 4.17. The first-order valence-electron chi connectivity index (χ1n) is 5.63. The Morgan fingerprint density at radius 3 is 3.13 bits per heavy atom. The Hall–Kier alpha value is -1.25. The Balaban J connectivity index is 2.12. The van der Waals surface area contributed by atoms with Gasteiger partial charge in [-0.1, -0.05) is 18.6 Å². The van der Waals surface area contributed by atoms with Gasteiger partial charge in [0.25, 0.3) is 0 Å². The summed E-state index contributed by atoms with van der Waals surface area (Å²) < 4.78 is 0. The van der Waals surface area contributed by atoms with Crippen LogP contribution in [0.3, 0.4) is 0 Å². The van der Waals surface area contributed by atoms with E-state index in [4.69, 9.17) is 0 Å². The predicted octanol–water partition coefficient (Wildman–Crippen LogP) is 1.79. The van der Waals surface area contributed by atoms with E-state index in [1.807, 2.05) is 12.4 Å². The number of aliphatic imine (C=N–C) groups is 1. The fourth-order valence-corrected chi connectivity index (χ4v) is 1.50. The van der Waals surface area contributed by atoms with Gasteiger partial charge in [-0.15, -0.1) is 6.58 Å². The second-order valence-electron chi connectivity index (χ2n) is 3.66. The van der Waals surface area contributed by atoms with Crippen molar-refractivity contribution >= 4 is 6.34 Å². The van der Waals surface area contributed by atoms with Crippen LogP contribution in [0.2, 0.25) is 0 Å². The summed E-state index contributed by atoms with van der Waals surface area (Å²) in [6.45, 7) is 9.95.